The fraction of sp³-hybridized carbons (Fsp3) is 0.0323. The van der Waals surface area contributed by atoms with Crippen molar-refractivity contribution < 1.29 is 44.8 Å². The van der Waals surface area contributed by atoms with E-state index in [0.717, 1.165) is 6.42 Å². The summed E-state index contributed by atoms with van der Waals surface area (Å²) >= 11 is 2.16. The molecular weight excluding hydrogens is 491 g/mol. The van der Waals surface area contributed by atoms with Gasteiger partial charge in [0.05, 0.1) is 0 Å². The van der Waals surface area contributed by atoms with Gasteiger partial charge in [0.15, 0.2) is 0 Å². The monoisotopic (exact) mass is 513 g/mol. The molecule has 3 heteroatoms. The van der Waals surface area contributed by atoms with Crippen molar-refractivity contribution in [2.45, 2.75) is 6.42 Å². The van der Waals surface area contributed by atoms with E-state index in [0.29, 0.717) is 0 Å². The van der Waals surface area contributed by atoms with Gasteiger partial charge in [-0.1, -0.05) is 65.8 Å². The Labute approximate surface area is 225 Å². The molecular formula is C31H23Cl2Ti-. The third-order valence-corrected chi connectivity index (χ3v) is 6.80. The minimum atomic E-state index is 0. The molecule has 5 aromatic rings. The maximum absolute atomic E-state index is 2.32. The topological polar surface area (TPSA) is 0 Å². The molecule has 1 aliphatic carbocycles. The van der Waals surface area contributed by atoms with Crippen LogP contribution < -0.4 is 24.8 Å². The van der Waals surface area contributed by atoms with E-state index in [4.69, 9.17) is 0 Å². The van der Waals surface area contributed by atoms with Gasteiger partial charge in [-0.25, -0.2) is 0 Å². The van der Waals surface area contributed by atoms with Crippen molar-refractivity contribution in [2.75, 3.05) is 0 Å². The van der Waals surface area contributed by atoms with Crippen LogP contribution in [0.4, 0.5) is 0 Å². The second kappa shape index (κ2) is 12.2. The first kappa shape index (κ1) is 26.0. The molecule has 0 atom stereocenters. The van der Waals surface area contributed by atoms with Crippen LogP contribution >= 0.6 is 0 Å². The number of benzene rings is 4. The number of halogens is 2. The van der Waals surface area contributed by atoms with Crippen molar-refractivity contribution in [3.63, 3.8) is 0 Å². The molecule has 0 radical (unpaired) electrons. The number of hydrogen-bond acceptors (Lipinski definition) is 0. The zero-order valence-electron chi connectivity index (χ0n) is 18.6. The Kier molecular flexibility index (Phi) is 9.33. The Balaban J connectivity index is 0.000000186. The minimum absolute atomic E-state index is 0. The summed E-state index contributed by atoms with van der Waals surface area (Å²) in [6.45, 7) is 0. The van der Waals surface area contributed by atoms with Gasteiger partial charge in [0.25, 0.3) is 0 Å². The molecule has 0 aromatic heterocycles. The summed E-state index contributed by atoms with van der Waals surface area (Å²) in [5.41, 5.74) is 5.39. The summed E-state index contributed by atoms with van der Waals surface area (Å²) in [6, 6.07) is 38.5. The van der Waals surface area contributed by atoms with Crippen LogP contribution in [0.15, 0.2) is 127 Å². The van der Waals surface area contributed by atoms with E-state index in [2.05, 4.69) is 135 Å². The van der Waals surface area contributed by atoms with Gasteiger partial charge in [0.2, 0.25) is 0 Å². The van der Waals surface area contributed by atoms with E-state index in [1.807, 2.05) is 12.1 Å². The molecule has 166 valence electrons. The molecule has 6 rings (SSSR count). The molecule has 0 spiro atoms. The molecule has 34 heavy (non-hydrogen) atoms. The van der Waals surface area contributed by atoms with Crippen LogP contribution in [0, 0.1) is 0 Å². The van der Waals surface area contributed by atoms with Crippen LogP contribution in [-0.4, -0.2) is 3.81 Å². The Morgan fingerprint density at radius 2 is 1.24 bits per heavy atom. The molecule has 0 amide bonds. The molecule has 0 heterocycles. The number of hydrogen-bond donors (Lipinski definition) is 0. The molecule has 0 N–H and O–H groups in total. The van der Waals surface area contributed by atoms with Crippen molar-refractivity contribution in [2.24, 2.45) is 0 Å². The summed E-state index contributed by atoms with van der Waals surface area (Å²) in [5.74, 6) is 0. The van der Waals surface area contributed by atoms with Gasteiger partial charge in [-0.05, 0) is 6.42 Å². The average Bonchev–Trinajstić information content (AvgIpc) is 3.53. The van der Waals surface area contributed by atoms with E-state index in [-0.39, 0.29) is 24.8 Å². The predicted octanol–water partition coefficient (Wildman–Crippen LogP) is 1.87. The standard InChI is InChI=1S/C18H13.C13H10.2ClH.Ti/c1-2-7-13(6-1)15-10-5-11-17-16-9-4-3-8-14(16)12-18(15)17;1-3-7-12(8-4-1)11-13-9-5-2-6-10-13;;;/h1-6,8-12H,7H2;1-10H;2*1H;/q-1;;;;+2/p-2. The average molecular weight is 514 g/mol. The molecule has 0 unspecified atom stereocenters. The van der Waals surface area contributed by atoms with Gasteiger partial charge in [-0.15, -0.1) is 33.7 Å². The molecule has 0 saturated heterocycles. The van der Waals surface area contributed by atoms with Crippen LogP contribution in [0.2, 0.25) is 0 Å². The summed E-state index contributed by atoms with van der Waals surface area (Å²) in [6.07, 6.45) is 7.65. The first-order valence-corrected chi connectivity index (χ1v) is 11.7. The predicted molar refractivity (Wildman–Crippen MR) is 135 cm³/mol. The van der Waals surface area contributed by atoms with Crippen molar-refractivity contribution in [3.8, 4) is 0 Å². The zero-order chi connectivity index (χ0) is 21.8. The third kappa shape index (κ3) is 5.54. The van der Waals surface area contributed by atoms with Crippen LogP contribution in [0.5, 0.6) is 0 Å². The second-order valence-corrected chi connectivity index (χ2v) is 8.71. The fourth-order valence-electron chi connectivity index (χ4n) is 4.28. The van der Waals surface area contributed by atoms with Gasteiger partial charge < -0.3 is 24.8 Å². The quantitative estimate of drug-likeness (QED) is 0.255. The molecule has 0 fully saturated rings. The van der Waals surface area contributed by atoms with Gasteiger partial charge in [-0.3, -0.25) is 0 Å². The van der Waals surface area contributed by atoms with E-state index < -0.39 is 0 Å². The Morgan fingerprint density at radius 3 is 1.85 bits per heavy atom. The number of fused-ring (bicyclic) bond motifs is 3. The van der Waals surface area contributed by atoms with Crippen LogP contribution in [-0.2, 0) is 20.0 Å². The summed E-state index contributed by atoms with van der Waals surface area (Å²) < 4.78 is 1.33. The number of rotatable bonds is 3. The van der Waals surface area contributed by atoms with Gasteiger partial charge in [0.1, 0.15) is 0 Å². The molecule has 0 aliphatic heterocycles. The molecule has 0 bridgehead atoms. The van der Waals surface area contributed by atoms with Crippen LogP contribution in [0.1, 0.15) is 23.1 Å². The summed E-state index contributed by atoms with van der Waals surface area (Å²) in [5, 5.41) is 5.46. The van der Waals surface area contributed by atoms with Crippen molar-refractivity contribution in [1.82, 2.24) is 0 Å². The fourth-order valence-corrected chi connectivity index (χ4v) is 4.80. The molecule has 5 aromatic carbocycles. The van der Waals surface area contributed by atoms with E-state index in [1.165, 1.54) is 47.6 Å². The SMILES string of the molecule is C1=CCC(c2cccc3c2[cH-]c2ccccc23)=C1.[Cl-].[Cl-].[Ti+2]=[C](c1ccccc1)c1ccccc1. The number of allylic oxidation sites excluding steroid dienone is 4. The van der Waals surface area contributed by atoms with Gasteiger partial charge in [0, 0.05) is 0 Å². The Hall–Kier alpha value is -2.61. The first-order valence-electron chi connectivity index (χ1n) is 10.9. The van der Waals surface area contributed by atoms with E-state index in [9.17, 15) is 0 Å². The van der Waals surface area contributed by atoms with Crippen molar-refractivity contribution in [3.05, 3.63) is 144 Å². The zero-order valence-corrected chi connectivity index (χ0v) is 21.7. The van der Waals surface area contributed by atoms with E-state index >= 15 is 0 Å². The van der Waals surface area contributed by atoms with E-state index in [1.54, 1.807) is 0 Å². The van der Waals surface area contributed by atoms with Crippen LogP contribution in [0.25, 0.3) is 27.1 Å². The summed E-state index contributed by atoms with van der Waals surface area (Å²) in [4.78, 5) is 0. The first-order chi connectivity index (χ1) is 15.8. The Bertz CT molecular complexity index is 1400. The maximum atomic E-state index is 2.32. The van der Waals surface area contributed by atoms with Crippen molar-refractivity contribution in [1.29, 1.82) is 0 Å². The van der Waals surface area contributed by atoms with Crippen LogP contribution in [0.3, 0.4) is 0 Å². The molecule has 1 aliphatic rings. The van der Waals surface area contributed by atoms with Gasteiger partial charge >= 0.3 is 95.6 Å². The summed E-state index contributed by atoms with van der Waals surface area (Å²) in [7, 11) is 0. The third-order valence-electron chi connectivity index (χ3n) is 5.90. The van der Waals surface area contributed by atoms with Crippen molar-refractivity contribution >= 4 is 30.9 Å². The molecule has 0 saturated carbocycles. The second-order valence-electron chi connectivity index (χ2n) is 7.93. The normalized spacial score (nSPS) is 11.8. The molecule has 0 nitrogen and oxygen atoms in total. The van der Waals surface area contributed by atoms with Gasteiger partial charge in [-0.2, -0.15) is 0 Å². The Morgan fingerprint density at radius 1 is 0.647 bits per heavy atom.